The molecule has 0 bridgehead atoms. The van der Waals surface area contributed by atoms with Crippen LogP contribution in [0.2, 0.25) is 0 Å². The third-order valence-corrected chi connectivity index (χ3v) is 5.66. The quantitative estimate of drug-likeness (QED) is 0.333. The highest BCUT2D eigenvalue weighted by Gasteiger charge is 2.48. The van der Waals surface area contributed by atoms with E-state index in [9.17, 15) is 10.2 Å². The molecule has 2 N–H and O–H groups in total. The van der Waals surface area contributed by atoms with E-state index in [1.54, 1.807) is 12.2 Å². The summed E-state index contributed by atoms with van der Waals surface area (Å²) in [6, 6.07) is 29.9. The molecule has 0 aliphatic rings. The van der Waals surface area contributed by atoms with E-state index in [0.717, 1.165) is 16.7 Å². The van der Waals surface area contributed by atoms with Gasteiger partial charge in [0.1, 0.15) is 17.3 Å². The van der Waals surface area contributed by atoms with Crippen LogP contribution in [0.15, 0.2) is 116 Å². The standard InChI is InChI=1S/C28H30O3/c1-3-20-27(21-4-2,26(30)22-29)31-28(23-14-8-5-9-15-23,24-16-10-6-11-17-24)25-18-12-7-13-19-25/h3-19,26,29-30H,1-2,20-22H2. The summed E-state index contributed by atoms with van der Waals surface area (Å²) in [5.74, 6) is 0. The lowest BCUT2D eigenvalue weighted by molar-refractivity contribution is -0.183. The summed E-state index contributed by atoms with van der Waals surface area (Å²) < 4.78 is 7.07. The van der Waals surface area contributed by atoms with Crippen molar-refractivity contribution in [1.29, 1.82) is 0 Å². The molecule has 3 nitrogen and oxygen atoms in total. The lowest BCUT2D eigenvalue weighted by Gasteiger charge is -2.46. The summed E-state index contributed by atoms with van der Waals surface area (Å²) in [5, 5.41) is 20.9. The molecule has 1 unspecified atom stereocenters. The molecule has 31 heavy (non-hydrogen) atoms. The maximum atomic E-state index is 11.0. The van der Waals surface area contributed by atoms with Gasteiger partial charge in [0.25, 0.3) is 0 Å². The zero-order valence-electron chi connectivity index (χ0n) is 17.7. The fraction of sp³-hybridized carbons (Fsp3) is 0.214. The van der Waals surface area contributed by atoms with Crippen molar-refractivity contribution >= 4 is 0 Å². The van der Waals surface area contributed by atoms with Gasteiger partial charge in [-0.05, 0) is 29.5 Å². The summed E-state index contributed by atoms with van der Waals surface area (Å²) in [7, 11) is 0. The minimum absolute atomic E-state index is 0.342. The Morgan fingerprint density at radius 1 is 0.710 bits per heavy atom. The van der Waals surface area contributed by atoms with Crippen LogP contribution >= 0.6 is 0 Å². The van der Waals surface area contributed by atoms with Gasteiger partial charge in [-0.3, -0.25) is 0 Å². The summed E-state index contributed by atoms with van der Waals surface area (Å²) in [6.07, 6.45) is 2.99. The van der Waals surface area contributed by atoms with Crippen molar-refractivity contribution in [1.82, 2.24) is 0 Å². The van der Waals surface area contributed by atoms with Crippen molar-refractivity contribution in [3.8, 4) is 0 Å². The Morgan fingerprint density at radius 2 is 1.06 bits per heavy atom. The molecule has 3 aromatic rings. The molecule has 3 aromatic carbocycles. The van der Waals surface area contributed by atoms with E-state index >= 15 is 0 Å². The van der Waals surface area contributed by atoms with Crippen molar-refractivity contribution in [2.24, 2.45) is 0 Å². The lowest BCUT2D eigenvalue weighted by Crippen LogP contribution is -2.52. The van der Waals surface area contributed by atoms with Crippen LogP contribution in [0.25, 0.3) is 0 Å². The van der Waals surface area contributed by atoms with Crippen LogP contribution in [0.3, 0.4) is 0 Å². The highest BCUT2D eigenvalue weighted by Crippen LogP contribution is 2.46. The molecule has 0 spiro atoms. The van der Waals surface area contributed by atoms with Gasteiger partial charge in [0.15, 0.2) is 0 Å². The molecule has 0 saturated carbocycles. The van der Waals surface area contributed by atoms with Crippen molar-refractivity contribution in [2.75, 3.05) is 6.61 Å². The minimum atomic E-state index is -1.13. The van der Waals surface area contributed by atoms with Crippen LogP contribution in [-0.2, 0) is 10.3 Å². The second-order valence-corrected chi connectivity index (χ2v) is 7.63. The molecule has 0 aliphatic heterocycles. The van der Waals surface area contributed by atoms with Crippen LogP contribution in [0.5, 0.6) is 0 Å². The molecule has 0 amide bonds. The maximum Gasteiger partial charge on any atom is 0.144 e. The second kappa shape index (κ2) is 10.4. The fourth-order valence-corrected chi connectivity index (χ4v) is 4.16. The van der Waals surface area contributed by atoms with E-state index in [4.69, 9.17) is 4.74 Å². The number of aliphatic hydroxyl groups excluding tert-OH is 2. The highest BCUT2D eigenvalue weighted by atomic mass is 16.5. The van der Waals surface area contributed by atoms with Gasteiger partial charge in [-0.2, -0.15) is 0 Å². The molecule has 0 aromatic heterocycles. The zero-order valence-corrected chi connectivity index (χ0v) is 17.7. The molecular formula is C28H30O3. The van der Waals surface area contributed by atoms with Crippen LogP contribution in [0.1, 0.15) is 29.5 Å². The van der Waals surface area contributed by atoms with Crippen molar-refractivity contribution in [3.63, 3.8) is 0 Å². The first-order valence-electron chi connectivity index (χ1n) is 10.5. The lowest BCUT2D eigenvalue weighted by atomic mass is 9.78. The Labute approximate surface area is 185 Å². The summed E-state index contributed by atoms with van der Waals surface area (Å²) in [6.45, 7) is 7.34. The van der Waals surface area contributed by atoms with E-state index in [1.165, 1.54) is 0 Å². The number of benzene rings is 3. The maximum absolute atomic E-state index is 11.0. The Bertz CT molecular complexity index is 845. The van der Waals surface area contributed by atoms with Crippen molar-refractivity contribution in [2.45, 2.75) is 30.1 Å². The smallest absolute Gasteiger partial charge is 0.144 e. The molecular weight excluding hydrogens is 384 g/mol. The highest BCUT2D eigenvalue weighted by molar-refractivity contribution is 5.47. The molecule has 1 atom stereocenters. The van der Waals surface area contributed by atoms with Gasteiger partial charge in [-0.1, -0.05) is 103 Å². The van der Waals surface area contributed by atoms with Gasteiger partial charge in [0.05, 0.1) is 6.61 Å². The van der Waals surface area contributed by atoms with Crippen LogP contribution < -0.4 is 0 Å². The van der Waals surface area contributed by atoms with E-state index < -0.39 is 23.9 Å². The SMILES string of the molecule is C=CCC(CC=C)(OC(c1ccccc1)(c1ccccc1)c1ccccc1)C(O)CO. The van der Waals surface area contributed by atoms with Gasteiger partial charge in [0.2, 0.25) is 0 Å². The predicted molar refractivity (Wildman–Crippen MR) is 126 cm³/mol. The first-order chi connectivity index (χ1) is 15.1. The number of rotatable bonds is 11. The van der Waals surface area contributed by atoms with E-state index in [-0.39, 0.29) is 0 Å². The number of hydrogen-bond acceptors (Lipinski definition) is 3. The van der Waals surface area contributed by atoms with Crippen molar-refractivity contribution < 1.29 is 14.9 Å². The molecule has 0 aliphatic carbocycles. The molecule has 0 fully saturated rings. The van der Waals surface area contributed by atoms with Gasteiger partial charge < -0.3 is 14.9 Å². The molecule has 3 rings (SSSR count). The number of hydrogen-bond donors (Lipinski definition) is 2. The van der Waals surface area contributed by atoms with Crippen LogP contribution in [-0.4, -0.2) is 28.5 Å². The normalized spacial score (nSPS) is 12.8. The van der Waals surface area contributed by atoms with E-state index in [1.807, 2.05) is 91.0 Å². The third-order valence-electron chi connectivity index (χ3n) is 5.66. The third kappa shape index (κ3) is 4.54. The molecule has 0 radical (unpaired) electrons. The first kappa shape index (κ1) is 22.7. The summed E-state index contributed by atoms with van der Waals surface area (Å²) in [5.41, 5.74) is 0.631. The Balaban J connectivity index is 2.36. The van der Waals surface area contributed by atoms with Crippen LogP contribution in [0.4, 0.5) is 0 Å². The molecule has 3 heteroatoms. The van der Waals surface area contributed by atoms with Gasteiger partial charge >= 0.3 is 0 Å². The Hall–Kier alpha value is -2.98. The average Bonchev–Trinajstić information content (AvgIpc) is 2.84. The zero-order chi connectivity index (χ0) is 22.2. The Kier molecular flexibility index (Phi) is 7.59. The van der Waals surface area contributed by atoms with Crippen molar-refractivity contribution in [3.05, 3.63) is 133 Å². The van der Waals surface area contributed by atoms with Gasteiger partial charge in [-0.15, -0.1) is 13.2 Å². The number of ether oxygens (including phenoxy) is 1. The summed E-state index contributed by atoms with van der Waals surface area (Å²) in [4.78, 5) is 0. The monoisotopic (exact) mass is 414 g/mol. The molecule has 0 saturated heterocycles. The first-order valence-corrected chi connectivity index (χ1v) is 10.5. The fourth-order valence-electron chi connectivity index (χ4n) is 4.16. The average molecular weight is 415 g/mol. The van der Waals surface area contributed by atoms with E-state index in [2.05, 4.69) is 13.2 Å². The molecule has 160 valence electrons. The van der Waals surface area contributed by atoms with Crippen LogP contribution in [0, 0.1) is 0 Å². The molecule has 0 heterocycles. The van der Waals surface area contributed by atoms with E-state index in [0.29, 0.717) is 12.8 Å². The largest absolute Gasteiger partial charge is 0.394 e. The van der Waals surface area contributed by atoms with Gasteiger partial charge in [0, 0.05) is 0 Å². The Morgan fingerprint density at radius 3 is 1.35 bits per heavy atom. The topological polar surface area (TPSA) is 49.7 Å². The van der Waals surface area contributed by atoms with Gasteiger partial charge in [-0.25, -0.2) is 0 Å². The second-order valence-electron chi connectivity index (χ2n) is 7.63. The summed E-state index contributed by atoms with van der Waals surface area (Å²) >= 11 is 0. The minimum Gasteiger partial charge on any atom is -0.394 e. The predicted octanol–water partition coefficient (Wildman–Crippen LogP) is 5.24. The number of aliphatic hydroxyl groups is 2.